The summed E-state index contributed by atoms with van der Waals surface area (Å²) in [6, 6.07) is 13.7. The minimum atomic E-state index is -3.83. The summed E-state index contributed by atoms with van der Waals surface area (Å²) < 4.78 is 50.3. The second-order valence-electron chi connectivity index (χ2n) is 8.82. The van der Waals surface area contributed by atoms with E-state index in [1.165, 1.54) is 12.1 Å². The fourth-order valence-electron chi connectivity index (χ4n) is 3.66. The van der Waals surface area contributed by atoms with Gasteiger partial charge in [0, 0.05) is 36.2 Å². The first-order valence-electron chi connectivity index (χ1n) is 11.6. The molecule has 1 aliphatic rings. The maximum atomic E-state index is 12.7. The first-order chi connectivity index (χ1) is 17.1. The van der Waals surface area contributed by atoms with Crippen LogP contribution in [-0.2, 0) is 26.6 Å². The van der Waals surface area contributed by atoms with Crippen molar-refractivity contribution in [1.29, 1.82) is 0 Å². The van der Waals surface area contributed by atoms with Crippen LogP contribution in [0.25, 0.3) is 0 Å². The van der Waals surface area contributed by atoms with Gasteiger partial charge in [-0.15, -0.1) is 0 Å². The van der Waals surface area contributed by atoms with Crippen LogP contribution in [0.3, 0.4) is 0 Å². The molecule has 0 radical (unpaired) electrons. The molecule has 3 aromatic rings. The largest absolute Gasteiger partial charge is 0.340 e. The van der Waals surface area contributed by atoms with Crippen molar-refractivity contribution in [1.82, 2.24) is 14.3 Å². The molecule has 36 heavy (non-hydrogen) atoms. The number of nitrogens with zero attached hydrogens (tertiary/aromatic N) is 3. The molecule has 0 atom stereocenters. The molecule has 0 unspecified atom stereocenters. The fourth-order valence-corrected chi connectivity index (χ4v) is 6.14. The van der Waals surface area contributed by atoms with Crippen molar-refractivity contribution in [2.75, 3.05) is 17.2 Å². The van der Waals surface area contributed by atoms with E-state index >= 15 is 0 Å². The Morgan fingerprint density at radius 3 is 2.39 bits per heavy atom. The summed E-state index contributed by atoms with van der Waals surface area (Å²) in [6.07, 6.45) is 3.92. The molecular formula is C24H30N6O4S2. The van der Waals surface area contributed by atoms with E-state index in [2.05, 4.69) is 20.6 Å². The zero-order valence-electron chi connectivity index (χ0n) is 20.2. The van der Waals surface area contributed by atoms with Crippen LogP contribution >= 0.6 is 0 Å². The smallest absolute Gasteiger partial charge is 0.238 e. The van der Waals surface area contributed by atoms with Gasteiger partial charge in [-0.2, -0.15) is 9.29 Å². The Balaban J connectivity index is 1.46. The Morgan fingerprint density at radius 1 is 1.03 bits per heavy atom. The molecule has 192 valence electrons. The second kappa shape index (κ2) is 10.5. The minimum absolute atomic E-state index is 0.0134. The highest BCUT2D eigenvalue weighted by atomic mass is 32.2. The molecule has 0 bridgehead atoms. The lowest BCUT2D eigenvalue weighted by molar-refractivity contribution is 0.405. The van der Waals surface area contributed by atoms with Gasteiger partial charge in [0.2, 0.25) is 26.0 Å². The lowest BCUT2D eigenvalue weighted by atomic mass is 10.2. The van der Waals surface area contributed by atoms with E-state index in [-0.39, 0.29) is 16.1 Å². The molecule has 1 aliphatic carbocycles. The van der Waals surface area contributed by atoms with Crippen LogP contribution in [0.1, 0.15) is 37.3 Å². The van der Waals surface area contributed by atoms with Gasteiger partial charge in [0.15, 0.2) is 0 Å². The first kappa shape index (κ1) is 26.0. The van der Waals surface area contributed by atoms with Crippen molar-refractivity contribution in [3.05, 3.63) is 65.9 Å². The SMILES string of the molecule is CCCN(Cc1ccc(Nc2nc(Nc3cccc(S(N)(=O)=O)c3)ncc2C)cc1)S(=O)(=O)C1CC1. The fraction of sp³-hybridized carbons (Fsp3) is 0.333. The number of nitrogens with two attached hydrogens (primary N) is 1. The van der Waals surface area contributed by atoms with E-state index in [1.807, 2.05) is 38.1 Å². The zero-order valence-corrected chi connectivity index (χ0v) is 21.8. The Kier molecular flexibility index (Phi) is 7.59. The highest BCUT2D eigenvalue weighted by molar-refractivity contribution is 7.90. The summed E-state index contributed by atoms with van der Waals surface area (Å²) in [5.74, 6) is 0.860. The minimum Gasteiger partial charge on any atom is -0.340 e. The average Bonchev–Trinajstić information content (AvgIpc) is 3.68. The lowest BCUT2D eigenvalue weighted by Gasteiger charge is -2.21. The van der Waals surface area contributed by atoms with Crippen LogP contribution in [0.4, 0.5) is 23.1 Å². The molecule has 1 heterocycles. The number of nitrogens with one attached hydrogen (secondary N) is 2. The monoisotopic (exact) mass is 530 g/mol. The highest BCUT2D eigenvalue weighted by Gasteiger charge is 2.39. The second-order valence-corrected chi connectivity index (χ2v) is 12.6. The first-order valence-corrected chi connectivity index (χ1v) is 14.7. The van der Waals surface area contributed by atoms with E-state index in [4.69, 9.17) is 5.14 Å². The normalized spacial score (nSPS) is 14.1. The predicted molar refractivity (Wildman–Crippen MR) is 140 cm³/mol. The van der Waals surface area contributed by atoms with E-state index in [1.54, 1.807) is 22.6 Å². The Morgan fingerprint density at radius 2 is 1.75 bits per heavy atom. The number of hydrogen-bond acceptors (Lipinski definition) is 8. The predicted octanol–water partition coefficient (Wildman–Crippen LogP) is 3.62. The Bertz CT molecular complexity index is 1440. The van der Waals surface area contributed by atoms with Gasteiger partial charge in [0.25, 0.3) is 0 Å². The average molecular weight is 531 g/mol. The molecule has 2 aromatic carbocycles. The van der Waals surface area contributed by atoms with Crippen molar-refractivity contribution in [3.8, 4) is 0 Å². The molecule has 0 spiro atoms. The molecule has 12 heteroatoms. The van der Waals surface area contributed by atoms with Gasteiger partial charge in [-0.25, -0.2) is 27.0 Å². The Hall–Kier alpha value is -3.06. The van der Waals surface area contributed by atoms with Crippen LogP contribution in [0.15, 0.2) is 59.6 Å². The van der Waals surface area contributed by atoms with Gasteiger partial charge in [-0.05, 0) is 62.1 Å². The van der Waals surface area contributed by atoms with Gasteiger partial charge in [0.05, 0.1) is 10.1 Å². The summed E-state index contributed by atoms with van der Waals surface area (Å²) in [6.45, 7) is 4.71. The van der Waals surface area contributed by atoms with E-state index in [9.17, 15) is 16.8 Å². The molecule has 4 N–H and O–H groups in total. The van der Waals surface area contributed by atoms with Crippen LogP contribution in [0, 0.1) is 6.92 Å². The molecule has 0 amide bonds. The van der Waals surface area contributed by atoms with Crippen molar-refractivity contribution < 1.29 is 16.8 Å². The zero-order chi connectivity index (χ0) is 25.9. The summed E-state index contributed by atoms with van der Waals surface area (Å²) in [7, 11) is -7.07. The maximum absolute atomic E-state index is 12.7. The standard InChI is InChI=1S/C24H30N6O4S2/c1-3-13-30(36(33,34)21-11-12-21)16-18-7-9-19(10-8-18)27-23-17(2)15-26-24(29-23)28-20-5-4-6-22(14-20)35(25,31)32/h4-10,14-15,21H,3,11-13,16H2,1-2H3,(H2,25,31,32)(H2,26,27,28,29). The van der Waals surface area contributed by atoms with Crippen LogP contribution in [0.2, 0.25) is 0 Å². The lowest BCUT2D eigenvalue weighted by Crippen LogP contribution is -2.34. The molecule has 1 fully saturated rings. The number of hydrogen-bond donors (Lipinski definition) is 3. The van der Waals surface area contributed by atoms with Gasteiger partial charge < -0.3 is 10.6 Å². The number of primary sulfonamides is 1. The van der Waals surface area contributed by atoms with Crippen molar-refractivity contribution in [3.63, 3.8) is 0 Å². The molecule has 0 aliphatic heterocycles. The summed E-state index contributed by atoms with van der Waals surface area (Å²) in [4.78, 5) is 8.76. The molecule has 4 rings (SSSR count). The third kappa shape index (κ3) is 6.38. The molecular weight excluding hydrogens is 500 g/mol. The molecule has 1 aromatic heterocycles. The summed E-state index contributed by atoms with van der Waals surface area (Å²) in [5, 5.41) is 11.2. The molecule has 0 saturated heterocycles. The van der Waals surface area contributed by atoms with Gasteiger partial charge >= 0.3 is 0 Å². The van der Waals surface area contributed by atoms with E-state index < -0.39 is 20.0 Å². The number of benzene rings is 2. The van der Waals surface area contributed by atoms with Crippen molar-refractivity contribution >= 4 is 43.2 Å². The maximum Gasteiger partial charge on any atom is 0.238 e. The van der Waals surface area contributed by atoms with Gasteiger partial charge in [0.1, 0.15) is 5.82 Å². The third-order valence-electron chi connectivity index (χ3n) is 5.74. The van der Waals surface area contributed by atoms with E-state index in [0.29, 0.717) is 24.6 Å². The van der Waals surface area contributed by atoms with Crippen molar-refractivity contribution in [2.24, 2.45) is 5.14 Å². The van der Waals surface area contributed by atoms with Gasteiger partial charge in [-0.3, -0.25) is 0 Å². The quantitative estimate of drug-likeness (QED) is 0.340. The summed E-state index contributed by atoms with van der Waals surface area (Å²) >= 11 is 0. The Labute approximate surface area is 212 Å². The molecule has 1 saturated carbocycles. The summed E-state index contributed by atoms with van der Waals surface area (Å²) in [5.41, 5.74) is 3.00. The van der Waals surface area contributed by atoms with Crippen LogP contribution in [0.5, 0.6) is 0 Å². The number of anilines is 4. The topological polar surface area (TPSA) is 147 Å². The van der Waals surface area contributed by atoms with E-state index in [0.717, 1.165) is 36.1 Å². The van der Waals surface area contributed by atoms with Gasteiger partial charge in [-0.1, -0.05) is 25.1 Å². The van der Waals surface area contributed by atoms with Crippen LogP contribution in [-0.4, -0.2) is 42.9 Å². The van der Waals surface area contributed by atoms with Crippen molar-refractivity contribution in [2.45, 2.75) is 49.8 Å². The highest BCUT2D eigenvalue weighted by Crippen LogP contribution is 2.32. The number of aryl methyl sites for hydroxylation is 1. The molecule has 10 nitrogen and oxygen atoms in total. The number of aromatic nitrogens is 2. The van der Waals surface area contributed by atoms with Crippen LogP contribution < -0.4 is 15.8 Å². The number of rotatable bonds is 11. The number of sulfonamides is 2. The third-order valence-corrected chi connectivity index (χ3v) is 9.00.